The molecule has 0 amide bonds. The third-order valence-electron chi connectivity index (χ3n) is 5.75. The Kier molecular flexibility index (Phi) is 12.8. The second kappa shape index (κ2) is 16.0. The maximum absolute atomic E-state index is 12.4. The van der Waals surface area contributed by atoms with Crippen molar-refractivity contribution in [3.05, 3.63) is 66.7 Å². The maximum atomic E-state index is 12.4. The predicted molar refractivity (Wildman–Crippen MR) is 135 cm³/mol. The molecule has 2 aromatic rings. The fourth-order valence-corrected chi connectivity index (χ4v) is 3.39. The lowest BCUT2D eigenvalue weighted by molar-refractivity contribution is 0.0734. The van der Waals surface area contributed by atoms with E-state index in [0.717, 1.165) is 36.7 Å². The van der Waals surface area contributed by atoms with E-state index in [4.69, 9.17) is 14.2 Å². The molecule has 4 heteroatoms. The van der Waals surface area contributed by atoms with Crippen LogP contribution in [0.15, 0.2) is 61.2 Å². The van der Waals surface area contributed by atoms with Crippen LogP contribution in [-0.2, 0) is 0 Å². The van der Waals surface area contributed by atoms with Gasteiger partial charge in [0.15, 0.2) is 0 Å². The van der Waals surface area contributed by atoms with Gasteiger partial charge in [0.25, 0.3) is 0 Å². The Balaban J connectivity index is 1.67. The zero-order chi connectivity index (χ0) is 23.7. The number of carbonyl (C=O) groups excluding carboxylic acids is 1. The van der Waals surface area contributed by atoms with Crippen LogP contribution < -0.4 is 14.2 Å². The smallest absolute Gasteiger partial charge is 0.343 e. The fourth-order valence-electron chi connectivity index (χ4n) is 3.39. The van der Waals surface area contributed by atoms with Crippen molar-refractivity contribution in [2.24, 2.45) is 5.92 Å². The Morgan fingerprint density at radius 3 is 2.00 bits per heavy atom. The molecule has 0 bridgehead atoms. The number of rotatable bonds is 17. The van der Waals surface area contributed by atoms with E-state index in [1.54, 1.807) is 24.3 Å². The molecule has 0 radical (unpaired) electrons. The molecular formula is C29H40O4. The molecule has 0 aliphatic heterocycles. The first kappa shape index (κ1) is 26.5. The van der Waals surface area contributed by atoms with Gasteiger partial charge < -0.3 is 14.2 Å². The average Bonchev–Trinajstić information content (AvgIpc) is 2.84. The van der Waals surface area contributed by atoms with Crippen LogP contribution in [-0.4, -0.2) is 19.2 Å². The Morgan fingerprint density at radius 1 is 0.818 bits per heavy atom. The molecule has 0 aromatic heterocycles. The number of ether oxygens (including phenoxy) is 3. The summed E-state index contributed by atoms with van der Waals surface area (Å²) < 4.78 is 17.0. The summed E-state index contributed by atoms with van der Waals surface area (Å²) in [6.07, 6.45) is 12.4. The Morgan fingerprint density at radius 2 is 1.36 bits per heavy atom. The molecular weight excluding hydrogens is 412 g/mol. The minimum absolute atomic E-state index is 0.386. The largest absolute Gasteiger partial charge is 0.494 e. The highest BCUT2D eigenvalue weighted by atomic mass is 16.5. The van der Waals surface area contributed by atoms with Gasteiger partial charge in [-0.2, -0.15) is 0 Å². The molecule has 0 spiro atoms. The van der Waals surface area contributed by atoms with E-state index in [-0.39, 0.29) is 5.97 Å². The van der Waals surface area contributed by atoms with Crippen molar-refractivity contribution in [1.82, 2.24) is 0 Å². The van der Waals surface area contributed by atoms with E-state index in [0.29, 0.717) is 24.5 Å². The number of esters is 1. The van der Waals surface area contributed by atoms with Gasteiger partial charge in [-0.25, -0.2) is 4.79 Å². The number of allylic oxidation sites excluding steroid dienone is 1. The first-order valence-corrected chi connectivity index (χ1v) is 12.4. The minimum atomic E-state index is -0.386. The standard InChI is InChI=1S/C29H40O4/c1-4-6-7-8-9-10-11-22-31-26-16-14-25(15-17-26)29(30)33-28-20-18-27(19-21-28)32-23-12-13-24(3)5-2/h4,14-21,24H,1,5-13,22-23H2,2-3H3. The van der Waals surface area contributed by atoms with Crippen molar-refractivity contribution >= 4 is 5.97 Å². The Labute approximate surface area is 200 Å². The number of hydrogen-bond acceptors (Lipinski definition) is 4. The number of carbonyl (C=O) groups is 1. The maximum Gasteiger partial charge on any atom is 0.343 e. The van der Waals surface area contributed by atoms with Gasteiger partial charge in [-0.1, -0.05) is 45.6 Å². The van der Waals surface area contributed by atoms with Crippen LogP contribution in [0.1, 0.15) is 82.0 Å². The molecule has 0 aliphatic rings. The first-order chi connectivity index (χ1) is 16.1. The summed E-state index contributed by atoms with van der Waals surface area (Å²) in [6.45, 7) is 9.61. The van der Waals surface area contributed by atoms with Crippen LogP contribution >= 0.6 is 0 Å². The molecule has 0 N–H and O–H groups in total. The van der Waals surface area contributed by atoms with E-state index in [1.807, 2.05) is 30.3 Å². The zero-order valence-corrected chi connectivity index (χ0v) is 20.4. The van der Waals surface area contributed by atoms with Crippen molar-refractivity contribution < 1.29 is 19.0 Å². The van der Waals surface area contributed by atoms with Crippen molar-refractivity contribution in [2.45, 2.75) is 71.6 Å². The Hall–Kier alpha value is -2.75. The van der Waals surface area contributed by atoms with Crippen LogP contribution in [0.5, 0.6) is 17.2 Å². The summed E-state index contributed by atoms with van der Waals surface area (Å²) in [5.74, 6) is 2.41. The van der Waals surface area contributed by atoms with Crippen LogP contribution in [0.3, 0.4) is 0 Å². The van der Waals surface area contributed by atoms with Crippen molar-refractivity contribution in [3.63, 3.8) is 0 Å². The molecule has 1 atom stereocenters. The fraction of sp³-hybridized carbons (Fsp3) is 0.483. The topological polar surface area (TPSA) is 44.8 Å². The summed E-state index contributed by atoms with van der Waals surface area (Å²) in [5, 5.41) is 0. The lowest BCUT2D eigenvalue weighted by atomic mass is 10.0. The predicted octanol–water partition coefficient (Wildman–Crippen LogP) is 8.02. The zero-order valence-electron chi connectivity index (χ0n) is 20.4. The summed E-state index contributed by atoms with van der Waals surface area (Å²) in [4.78, 5) is 12.4. The highest BCUT2D eigenvalue weighted by molar-refractivity contribution is 5.91. The highest BCUT2D eigenvalue weighted by Crippen LogP contribution is 2.20. The van der Waals surface area contributed by atoms with Gasteiger partial charge in [0.1, 0.15) is 17.2 Å². The van der Waals surface area contributed by atoms with Crippen LogP contribution in [0, 0.1) is 5.92 Å². The van der Waals surface area contributed by atoms with E-state index >= 15 is 0 Å². The average molecular weight is 453 g/mol. The molecule has 0 fully saturated rings. The lowest BCUT2D eigenvalue weighted by Gasteiger charge is -2.10. The Bertz CT molecular complexity index is 795. The third kappa shape index (κ3) is 11.1. The second-order valence-electron chi connectivity index (χ2n) is 8.58. The van der Waals surface area contributed by atoms with Gasteiger partial charge in [0.2, 0.25) is 0 Å². The number of benzene rings is 2. The molecule has 0 heterocycles. The molecule has 0 aliphatic carbocycles. The number of hydrogen-bond donors (Lipinski definition) is 0. The molecule has 2 rings (SSSR count). The van der Waals surface area contributed by atoms with E-state index in [1.165, 1.54) is 38.5 Å². The highest BCUT2D eigenvalue weighted by Gasteiger charge is 2.09. The molecule has 33 heavy (non-hydrogen) atoms. The van der Waals surface area contributed by atoms with Crippen molar-refractivity contribution in [2.75, 3.05) is 13.2 Å². The monoisotopic (exact) mass is 452 g/mol. The van der Waals surface area contributed by atoms with E-state index in [9.17, 15) is 4.79 Å². The molecule has 2 aromatic carbocycles. The summed E-state index contributed by atoms with van der Waals surface area (Å²) in [6, 6.07) is 14.3. The number of unbranched alkanes of at least 4 members (excludes halogenated alkanes) is 5. The third-order valence-corrected chi connectivity index (χ3v) is 5.75. The van der Waals surface area contributed by atoms with Gasteiger partial charge in [-0.05, 0) is 86.6 Å². The quantitative estimate of drug-likeness (QED) is 0.105. The van der Waals surface area contributed by atoms with Crippen LogP contribution in [0.4, 0.5) is 0 Å². The van der Waals surface area contributed by atoms with Gasteiger partial charge in [0.05, 0.1) is 18.8 Å². The van der Waals surface area contributed by atoms with Gasteiger partial charge in [-0.15, -0.1) is 6.58 Å². The SMILES string of the molecule is C=CCCCCCCCOc1ccc(C(=O)Oc2ccc(OCCCC(C)CC)cc2)cc1. The molecule has 1 unspecified atom stereocenters. The second-order valence-corrected chi connectivity index (χ2v) is 8.58. The van der Waals surface area contributed by atoms with Crippen LogP contribution in [0.2, 0.25) is 0 Å². The normalized spacial score (nSPS) is 11.6. The summed E-state index contributed by atoms with van der Waals surface area (Å²) in [5.41, 5.74) is 0.495. The molecule has 180 valence electrons. The van der Waals surface area contributed by atoms with Gasteiger partial charge in [0, 0.05) is 0 Å². The minimum Gasteiger partial charge on any atom is -0.494 e. The van der Waals surface area contributed by atoms with E-state index < -0.39 is 0 Å². The summed E-state index contributed by atoms with van der Waals surface area (Å²) in [7, 11) is 0. The lowest BCUT2D eigenvalue weighted by Crippen LogP contribution is -2.08. The van der Waals surface area contributed by atoms with Crippen molar-refractivity contribution in [3.8, 4) is 17.2 Å². The van der Waals surface area contributed by atoms with Crippen LogP contribution in [0.25, 0.3) is 0 Å². The molecule has 0 saturated carbocycles. The summed E-state index contributed by atoms with van der Waals surface area (Å²) >= 11 is 0. The van der Waals surface area contributed by atoms with E-state index in [2.05, 4.69) is 20.4 Å². The molecule has 4 nitrogen and oxygen atoms in total. The van der Waals surface area contributed by atoms with Gasteiger partial charge >= 0.3 is 5.97 Å². The van der Waals surface area contributed by atoms with Gasteiger partial charge in [-0.3, -0.25) is 0 Å². The van der Waals surface area contributed by atoms with Crippen molar-refractivity contribution in [1.29, 1.82) is 0 Å². The molecule has 0 saturated heterocycles. The first-order valence-electron chi connectivity index (χ1n) is 12.4.